The van der Waals surface area contributed by atoms with Gasteiger partial charge in [0.2, 0.25) is 0 Å². The van der Waals surface area contributed by atoms with Crippen LogP contribution in [0.2, 0.25) is 0 Å². The molecule has 1 amide bonds. The summed E-state index contributed by atoms with van der Waals surface area (Å²) >= 11 is 2.20. The summed E-state index contributed by atoms with van der Waals surface area (Å²) in [5.74, 6) is 2.22. The summed E-state index contributed by atoms with van der Waals surface area (Å²) in [6.07, 6.45) is 0. The van der Waals surface area contributed by atoms with Gasteiger partial charge in [0.1, 0.15) is 17.5 Å². The van der Waals surface area contributed by atoms with Gasteiger partial charge in [0.25, 0.3) is 5.91 Å². The molecule has 154 valence electrons. The molecular weight excluding hydrogens is 493 g/mol. The zero-order chi connectivity index (χ0) is 20.9. The first-order valence-electron chi connectivity index (χ1n) is 9.69. The second kappa shape index (κ2) is 9.40. The average molecular weight is 515 g/mol. The summed E-state index contributed by atoms with van der Waals surface area (Å²) in [7, 11) is 0. The molecule has 30 heavy (non-hydrogen) atoms. The number of benzene rings is 2. The highest BCUT2D eigenvalue weighted by Crippen LogP contribution is 2.22. The first-order valence-corrected chi connectivity index (χ1v) is 10.8. The summed E-state index contributed by atoms with van der Waals surface area (Å²) < 4.78 is 6.44. The quantitative estimate of drug-likeness (QED) is 0.496. The van der Waals surface area contributed by atoms with Crippen LogP contribution < -0.4 is 15.5 Å². The number of anilines is 4. The summed E-state index contributed by atoms with van der Waals surface area (Å²) in [5, 5.41) is 6.24. The van der Waals surface area contributed by atoms with Crippen molar-refractivity contribution in [3.8, 4) is 0 Å². The molecule has 4 rings (SSSR count). The number of ether oxygens (including phenoxy) is 1. The van der Waals surface area contributed by atoms with Gasteiger partial charge < -0.3 is 20.3 Å². The van der Waals surface area contributed by atoms with Gasteiger partial charge in [-0.25, -0.2) is 9.97 Å². The fraction of sp³-hybridized carbons (Fsp3) is 0.227. The maximum absolute atomic E-state index is 12.4. The van der Waals surface area contributed by atoms with Gasteiger partial charge in [0, 0.05) is 39.7 Å². The molecule has 0 aliphatic carbocycles. The van der Waals surface area contributed by atoms with E-state index in [1.807, 2.05) is 55.5 Å². The van der Waals surface area contributed by atoms with Gasteiger partial charge >= 0.3 is 0 Å². The van der Waals surface area contributed by atoms with Crippen LogP contribution in [-0.4, -0.2) is 42.2 Å². The summed E-state index contributed by atoms with van der Waals surface area (Å²) in [6.45, 7) is 4.95. The topological polar surface area (TPSA) is 79.4 Å². The molecule has 2 aromatic carbocycles. The Morgan fingerprint density at radius 2 is 1.77 bits per heavy atom. The molecule has 7 nitrogen and oxygen atoms in total. The number of aryl methyl sites for hydroxylation is 1. The number of carbonyl (C=O) groups excluding carboxylic acids is 1. The highest BCUT2D eigenvalue weighted by Gasteiger charge is 2.14. The molecule has 2 heterocycles. The molecule has 1 fully saturated rings. The van der Waals surface area contributed by atoms with Crippen molar-refractivity contribution >= 4 is 51.5 Å². The molecule has 1 aliphatic rings. The van der Waals surface area contributed by atoms with Crippen molar-refractivity contribution in [3.63, 3.8) is 0 Å². The standard InChI is InChI=1S/C22H22IN5O2/c1-15-24-20(14-21(25-15)28-9-11-30-12-10-28)26-18-5-7-19(8-6-18)27-22(29)16-3-2-4-17(23)13-16/h2-8,13-14H,9-12H2,1H3,(H,27,29)(H,24,25,26). The van der Waals surface area contributed by atoms with Crippen LogP contribution in [0.25, 0.3) is 0 Å². The molecule has 8 heteroatoms. The zero-order valence-corrected chi connectivity index (χ0v) is 18.7. The Kier molecular flexibility index (Phi) is 6.44. The lowest BCUT2D eigenvalue weighted by Crippen LogP contribution is -2.36. The molecule has 1 aromatic heterocycles. The number of rotatable bonds is 5. The van der Waals surface area contributed by atoms with Crippen molar-refractivity contribution in [2.75, 3.05) is 41.8 Å². The fourth-order valence-electron chi connectivity index (χ4n) is 3.19. The molecule has 2 N–H and O–H groups in total. The second-order valence-corrected chi connectivity index (χ2v) is 8.17. The Hall–Kier alpha value is -2.72. The van der Waals surface area contributed by atoms with Gasteiger partial charge in [-0.05, 0) is 72.0 Å². The smallest absolute Gasteiger partial charge is 0.255 e. The van der Waals surface area contributed by atoms with Gasteiger partial charge in [-0.2, -0.15) is 0 Å². The predicted molar refractivity (Wildman–Crippen MR) is 127 cm³/mol. The second-order valence-electron chi connectivity index (χ2n) is 6.92. The van der Waals surface area contributed by atoms with E-state index in [-0.39, 0.29) is 5.91 Å². The van der Waals surface area contributed by atoms with Crippen LogP contribution in [0.5, 0.6) is 0 Å². The number of nitrogens with zero attached hydrogens (tertiary/aromatic N) is 3. The number of hydrogen-bond donors (Lipinski definition) is 2. The van der Waals surface area contributed by atoms with E-state index >= 15 is 0 Å². The lowest BCUT2D eigenvalue weighted by molar-refractivity contribution is 0.102. The zero-order valence-electron chi connectivity index (χ0n) is 16.6. The van der Waals surface area contributed by atoms with Crippen LogP contribution in [0, 0.1) is 10.5 Å². The molecule has 0 bridgehead atoms. The first-order chi connectivity index (χ1) is 14.6. The van der Waals surface area contributed by atoms with E-state index in [4.69, 9.17) is 4.74 Å². The Bertz CT molecular complexity index is 1040. The van der Waals surface area contributed by atoms with Crippen LogP contribution in [0.1, 0.15) is 16.2 Å². The third kappa shape index (κ3) is 5.25. The van der Waals surface area contributed by atoms with Crippen molar-refractivity contribution in [2.24, 2.45) is 0 Å². The molecule has 0 saturated carbocycles. The molecule has 1 saturated heterocycles. The largest absolute Gasteiger partial charge is 0.378 e. The highest BCUT2D eigenvalue weighted by molar-refractivity contribution is 14.1. The maximum Gasteiger partial charge on any atom is 0.255 e. The Morgan fingerprint density at radius 3 is 2.50 bits per heavy atom. The van der Waals surface area contributed by atoms with Crippen molar-refractivity contribution in [1.29, 1.82) is 0 Å². The minimum absolute atomic E-state index is 0.129. The van der Waals surface area contributed by atoms with E-state index in [0.717, 1.165) is 39.7 Å². The Morgan fingerprint density at radius 1 is 1.03 bits per heavy atom. The minimum atomic E-state index is -0.129. The number of halogens is 1. The maximum atomic E-state index is 12.4. The number of carbonyl (C=O) groups is 1. The molecule has 0 atom stereocenters. The molecular formula is C22H22IN5O2. The van der Waals surface area contributed by atoms with Gasteiger partial charge in [0.15, 0.2) is 0 Å². The summed E-state index contributed by atoms with van der Waals surface area (Å²) in [5.41, 5.74) is 2.25. The van der Waals surface area contributed by atoms with Gasteiger partial charge in [-0.1, -0.05) is 6.07 Å². The van der Waals surface area contributed by atoms with E-state index < -0.39 is 0 Å². The number of hydrogen-bond acceptors (Lipinski definition) is 6. The van der Waals surface area contributed by atoms with Gasteiger partial charge in [0.05, 0.1) is 13.2 Å². The first kappa shape index (κ1) is 20.5. The monoisotopic (exact) mass is 515 g/mol. The van der Waals surface area contributed by atoms with Crippen molar-refractivity contribution in [2.45, 2.75) is 6.92 Å². The summed E-state index contributed by atoms with van der Waals surface area (Å²) in [4.78, 5) is 23.7. The summed E-state index contributed by atoms with van der Waals surface area (Å²) in [6, 6.07) is 17.0. The third-order valence-electron chi connectivity index (χ3n) is 4.66. The number of nitrogens with one attached hydrogen (secondary N) is 2. The molecule has 0 unspecified atom stereocenters. The Balaban J connectivity index is 1.43. The fourth-order valence-corrected chi connectivity index (χ4v) is 3.73. The third-order valence-corrected chi connectivity index (χ3v) is 5.33. The molecule has 3 aromatic rings. The average Bonchev–Trinajstić information content (AvgIpc) is 2.75. The van der Waals surface area contributed by atoms with Crippen molar-refractivity contribution in [3.05, 3.63) is 69.6 Å². The van der Waals surface area contributed by atoms with Crippen LogP contribution in [0.4, 0.5) is 23.0 Å². The van der Waals surface area contributed by atoms with E-state index in [1.54, 1.807) is 6.07 Å². The van der Waals surface area contributed by atoms with E-state index in [1.165, 1.54) is 0 Å². The molecule has 0 spiro atoms. The van der Waals surface area contributed by atoms with Gasteiger partial charge in [-0.3, -0.25) is 4.79 Å². The predicted octanol–water partition coefficient (Wildman–Crippen LogP) is 4.22. The van der Waals surface area contributed by atoms with Gasteiger partial charge in [-0.15, -0.1) is 0 Å². The number of morpholine rings is 1. The lowest BCUT2D eigenvalue weighted by Gasteiger charge is -2.28. The van der Waals surface area contributed by atoms with Crippen LogP contribution in [-0.2, 0) is 4.74 Å². The van der Waals surface area contributed by atoms with Crippen molar-refractivity contribution < 1.29 is 9.53 Å². The van der Waals surface area contributed by atoms with Crippen LogP contribution in [0.15, 0.2) is 54.6 Å². The normalized spacial score (nSPS) is 13.7. The van der Waals surface area contributed by atoms with E-state index in [0.29, 0.717) is 24.6 Å². The number of aromatic nitrogens is 2. The number of amides is 1. The van der Waals surface area contributed by atoms with Crippen molar-refractivity contribution in [1.82, 2.24) is 9.97 Å². The minimum Gasteiger partial charge on any atom is -0.378 e. The lowest BCUT2D eigenvalue weighted by atomic mass is 10.2. The molecule has 1 aliphatic heterocycles. The van der Waals surface area contributed by atoms with E-state index in [9.17, 15) is 4.79 Å². The Labute approximate surface area is 189 Å². The SMILES string of the molecule is Cc1nc(Nc2ccc(NC(=O)c3cccc(I)c3)cc2)cc(N2CCOCC2)n1. The van der Waals surface area contributed by atoms with Crippen LogP contribution in [0.3, 0.4) is 0 Å². The molecule has 0 radical (unpaired) electrons. The highest BCUT2D eigenvalue weighted by atomic mass is 127. The van der Waals surface area contributed by atoms with Crippen LogP contribution >= 0.6 is 22.6 Å². The van der Waals surface area contributed by atoms with E-state index in [2.05, 4.69) is 48.1 Å².